The zero-order valence-electron chi connectivity index (χ0n) is 9.48. The molecule has 1 heterocycles. The third-order valence-electron chi connectivity index (χ3n) is 3.31. The van der Waals surface area contributed by atoms with Gasteiger partial charge in [0.25, 0.3) is 0 Å². The quantitative estimate of drug-likeness (QED) is 0.790. The summed E-state index contributed by atoms with van der Waals surface area (Å²) in [6.45, 7) is 6.02. The second-order valence-corrected chi connectivity index (χ2v) is 4.25. The van der Waals surface area contributed by atoms with Crippen LogP contribution in [0.25, 0.3) is 0 Å². The molecule has 1 fully saturated rings. The van der Waals surface area contributed by atoms with Crippen molar-refractivity contribution < 1.29 is 0 Å². The second kappa shape index (κ2) is 4.70. The maximum atomic E-state index is 4.09. The summed E-state index contributed by atoms with van der Waals surface area (Å²) >= 11 is 0. The third-order valence-corrected chi connectivity index (χ3v) is 3.31. The van der Waals surface area contributed by atoms with E-state index in [2.05, 4.69) is 34.7 Å². The maximum Gasteiger partial charge on any atom is 0.165 e. The highest BCUT2D eigenvalue weighted by molar-refractivity contribution is 4.87. The Balaban J connectivity index is 2.02. The fraction of sp³-hybridized carbons (Fsp3) is 0.900. The van der Waals surface area contributed by atoms with Gasteiger partial charge >= 0.3 is 0 Å². The van der Waals surface area contributed by atoms with Crippen molar-refractivity contribution in [3.8, 4) is 0 Å². The van der Waals surface area contributed by atoms with Crippen LogP contribution in [0.3, 0.4) is 0 Å². The van der Waals surface area contributed by atoms with E-state index in [4.69, 9.17) is 0 Å². The first kappa shape index (κ1) is 10.5. The van der Waals surface area contributed by atoms with E-state index in [1.807, 2.05) is 4.68 Å². The average molecular weight is 209 g/mol. The van der Waals surface area contributed by atoms with Crippen molar-refractivity contribution >= 4 is 0 Å². The second-order valence-electron chi connectivity index (χ2n) is 4.25. The average Bonchev–Trinajstić information content (AvgIpc) is 2.59. The summed E-state index contributed by atoms with van der Waals surface area (Å²) in [6.07, 6.45) is 4.00. The minimum Gasteiger partial charge on any atom is -0.310 e. The topological polar surface area (TPSA) is 55.6 Å². The van der Waals surface area contributed by atoms with Gasteiger partial charge in [-0.05, 0) is 42.7 Å². The molecular formula is C10H19N5. The molecular weight excluding hydrogens is 190 g/mol. The lowest BCUT2D eigenvalue weighted by molar-refractivity contribution is 0.204. The summed E-state index contributed by atoms with van der Waals surface area (Å²) in [6, 6.07) is 0.447. The summed E-state index contributed by atoms with van der Waals surface area (Å²) < 4.78 is 1.98. The number of rotatable bonds is 5. The van der Waals surface area contributed by atoms with Crippen LogP contribution in [0, 0.1) is 5.92 Å². The van der Waals surface area contributed by atoms with Gasteiger partial charge in [0.15, 0.2) is 5.82 Å². The third kappa shape index (κ3) is 2.17. The number of hydrogen-bond donors (Lipinski definition) is 1. The zero-order valence-corrected chi connectivity index (χ0v) is 9.48. The molecule has 0 aromatic carbocycles. The summed E-state index contributed by atoms with van der Waals surface area (Å²) in [4.78, 5) is 0. The molecule has 1 N–H and O–H groups in total. The molecule has 2 rings (SSSR count). The molecule has 84 valence electrons. The molecule has 0 spiro atoms. The van der Waals surface area contributed by atoms with Crippen LogP contribution >= 0.6 is 0 Å². The molecule has 1 atom stereocenters. The molecule has 0 bridgehead atoms. The summed E-state index contributed by atoms with van der Waals surface area (Å²) in [5, 5.41) is 15.2. The lowest BCUT2D eigenvalue weighted by atomic mass is 9.80. The number of nitrogens with one attached hydrogen (secondary N) is 1. The van der Waals surface area contributed by atoms with Crippen molar-refractivity contribution in [1.29, 1.82) is 0 Å². The molecule has 15 heavy (non-hydrogen) atoms. The minimum absolute atomic E-state index is 0.447. The fourth-order valence-electron chi connectivity index (χ4n) is 2.00. The largest absolute Gasteiger partial charge is 0.310 e. The van der Waals surface area contributed by atoms with E-state index < -0.39 is 0 Å². The molecule has 0 amide bonds. The Labute approximate surface area is 90.2 Å². The van der Waals surface area contributed by atoms with Gasteiger partial charge < -0.3 is 5.32 Å². The van der Waals surface area contributed by atoms with Crippen LogP contribution < -0.4 is 5.32 Å². The smallest absolute Gasteiger partial charge is 0.165 e. The van der Waals surface area contributed by atoms with E-state index in [-0.39, 0.29) is 0 Å². The van der Waals surface area contributed by atoms with Crippen LogP contribution in [0.5, 0.6) is 0 Å². The first-order valence-corrected chi connectivity index (χ1v) is 5.80. The lowest BCUT2D eigenvalue weighted by Crippen LogP contribution is -2.26. The van der Waals surface area contributed by atoms with Gasteiger partial charge in [-0.3, -0.25) is 0 Å². The van der Waals surface area contributed by atoms with E-state index in [9.17, 15) is 0 Å². The summed E-state index contributed by atoms with van der Waals surface area (Å²) in [7, 11) is 0. The fourth-order valence-corrected chi connectivity index (χ4v) is 2.00. The Kier molecular flexibility index (Phi) is 3.30. The van der Waals surface area contributed by atoms with Crippen molar-refractivity contribution in [3.63, 3.8) is 0 Å². The van der Waals surface area contributed by atoms with Crippen LogP contribution in [-0.4, -0.2) is 26.8 Å². The molecule has 0 aliphatic heterocycles. The normalized spacial score (nSPS) is 18.8. The number of hydrogen-bond acceptors (Lipinski definition) is 4. The highest BCUT2D eigenvalue weighted by Gasteiger charge is 2.27. The molecule has 1 aromatic rings. The first-order chi connectivity index (χ1) is 7.33. The van der Waals surface area contributed by atoms with Gasteiger partial charge in [0.1, 0.15) is 0 Å². The summed E-state index contributed by atoms with van der Waals surface area (Å²) in [5.74, 6) is 1.73. The van der Waals surface area contributed by atoms with E-state index in [0.29, 0.717) is 6.04 Å². The van der Waals surface area contributed by atoms with E-state index >= 15 is 0 Å². The van der Waals surface area contributed by atoms with Crippen molar-refractivity contribution in [3.05, 3.63) is 5.82 Å². The van der Waals surface area contributed by atoms with Gasteiger partial charge in [-0.25, -0.2) is 4.68 Å². The SMILES string of the molecule is CCNCc1nnnn1C(C)C1CCC1. The Hall–Kier alpha value is -0.970. The molecule has 1 saturated carbocycles. The van der Waals surface area contributed by atoms with E-state index in [0.717, 1.165) is 24.8 Å². The van der Waals surface area contributed by atoms with Gasteiger partial charge in [0.05, 0.1) is 12.6 Å². The number of aromatic nitrogens is 4. The highest BCUT2D eigenvalue weighted by atomic mass is 15.6. The summed E-state index contributed by atoms with van der Waals surface area (Å²) in [5.41, 5.74) is 0. The van der Waals surface area contributed by atoms with Crippen molar-refractivity contribution in [2.24, 2.45) is 5.92 Å². The predicted molar refractivity (Wildman–Crippen MR) is 57.2 cm³/mol. The molecule has 1 aliphatic rings. The predicted octanol–water partition coefficient (Wildman–Crippen LogP) is 1.14. The van der Waals surface area contributed by atoms with Crippen LogP contribution in [0.1, 0.15) is 45.0 Å². The minimum atomic E-state index is 0.447. The Morgan fingerprint density at radius 2 is 2.33 bits per heavy atom. The molecule has 1 aromatic heterocycles. The van der Waals surface area contributed by atoms with Crippen molar-refractivity contribution in [1.82, 2.24) is 25.5 Å². The Morgan fingerprint density at radius 1 is 1.53 bits per heavy atom. The molecule has 1 unspecified atom stereocenters. The molecule has 0 radical (unpaired) electrons. The number of tetrazole rings is 1. The standard InChI is InChI=1S/C10H19N5/c1-3-11-7-10-12-13-14-15(10)8(2)9-5-4-6-9/h8-9,11H,3-7H2,1-2H3. The van der Waals surface area contributed by atoms with Crippen molar-refractivity contribution in [2.75, 3.05) is 6.54 Å². The van der Waals surface area contributed by atoms with Gasteiger partial charge in [0, 0.05) is 0 Å². The van der Waals surface area contributed by atoms with Crippen LogP contribution in [0.2, 0.25) is 0 Å². The van der Waals surface area contributed by atoms with Crippen molar-refractivity contribution in [2.45, 2.75) is 45.7 Å². The molecule has 1 aliphatic carbocycles. The monoisotopic (exact) mass is 209 g/mol. The maximum absolute atomic E-state index is 4.09. The lowest BCUT2D eigenvalue weighted by Gasteiger charge is -2.31. The van der Waals surface area contributed by atoms with Gasteiger partial charge in [0.2, 0.25) is 0 Å². The Morgan fingerprint density at radius 3 is 2.93 bits per heavy atom. The first-order valence-electron chi connectivity index (χ1n) is 5.80. The molecule has 5 heteroatoms. The van der Waals surface area contributed by atoms with Gasteiger partial charge in [-0.1, -0.05) is 13.3 Å². The van der Waals surface area contributed by atoms with Crippen LogP contribution in [-0.2, 0) is 6.54 Å². The number of nitrogens with zero attached hydrogens (tertiary/aromatic N) is 4. The van der Waals surface area contributed by atoms with E-state index in [1.165, 1.54) is 19.3 Å². The highest BCUT2D eigenvalue weighted by Crippen LogP contribution is 2.35. The zero-order chi connectivity index (χ0) is 10.7. The van der Waals surface area contributed by atoms with Gasteiger partial charge in [-0.2, -0.15) is 0 Å². The Bertz CT molecular complexity index is 305. The molecule has 0 saturated heterocycles. The van der Waals surface area contributed by atoms with Crippen LogP contribution in [0.4, 0.5) is 0 Å². The molecule has 5 nitrogen and oxygen atoms in total. The van der Waals surface area contributed by atoms with Gasteiger partial charge in [-0.15, -0.1) is 5.10 Å². The van der Waals surface area contributed by atoms with E-state index in [1.54, 1.807) is 0 Å². The van der Waals surface area contributed by atoms with Crippen LogP contribution in [0.15, 0.2) is 0 Å².